The Hall–Kier alpha value is -1.85. The van der Waals surface area contributed by atoms with Crippen LogP contribution in [0.1, 0.15) is 51.4 Å². The number of amides is 2. The van der Waals surface area contributed by atoms with Gasteiger partial charge < -0.3 is 10.6 Å². The van der Waals surface area contributed by atoms with Crippen molar-refractivity contribution in [3.05, 3.63) is 12.4 Å². The summed E-state index contributed by atoms with van der Waals surface area (Å²) < 4.78 is 1.60. The molecule has 4 rings (SSSR count). The Kier molecular flexibility index (Phi) is 4.29. The maximum atomic E-state index is 12.4. The average molecular weight is 330 g/mol. The Balaban J connectivity index is 1.28. The highest BCUT2D eigenvalue weighted by Crippen LogP contribution is 2.48. The van der Waals surface area contributed by atoms with E-state index in [1.165, 1.54) is 32.1 Å². The molecule has 3 atom stereocenters. The summed E-state index contributed by atoms with van der Waals surface area (Å²) in [5, 5.41) is 10.2. The van der Waals surface area contributed by atoms with Crippen molar-refractivity contribution in [1.29, 1.82) is 0 Å². The number of aromatic nitrogens is 2. The monoisotopic (exact) mass is 330 g/mol. The van der Waals surface area contributed by atoms with E-state index in [1.54, 1.807) is 17.1 Å². The third-order valence-corrected chi connectivity index (χ3v) is 6.00. The van der Waals surface area contributed by atoms with Crippen LogP contribution < -0.4 is 10.6 Å². The fourth-order valence-corrected chi connectivity index (χ4v) is 4.81. The Labute approximate surface area is 142 Å². The second kappa shape index (κ2) is 6.57. The van der Waals surface area contributed by atoms with Gasteiger partial charge in [0.2, 0.25) is 11.8 Å². The Morgan fingerprint density at radius 3 is 2.71 bits per heavy atom. The first-order valence-electron chi connectivity index (χ1n) is 9.30. The van der Waals surface area contributed by atoms with E-state index in [9.17, 15) is 9.59 Å². The molecule has 0 aromatic carbocycles. The number of carbonyl (C=O) groups excluding carboxylic acids is 2. The molecule has 1 aromatic heterocycles. The number of anilines is 1. The Bertz CT molecular complexity index is 620. The molecule has 0 spiro atoms. The number of rotatable bonds is 5. The van der Waals surface area contributed by atoms with E-state index in [-0.39, 0.29) is 24.3 Å². The summed E-state index contributed by atoms with van der Waals surface area (Å²) in [6.07, 6.45) is 12.7. The maximum Gasteiger partial charge on any atom is 0.241 e. The van der Waals surface area contributed by atoms with Crippen molar-refractivity contribution in [2.24, 2.45) is 17.8 Å². The van der Waals surface area contributed by atoms with Gasteiger partial charge >= 0.3 is 0 Å². The zero-order valence-corrected chi connectivity index (χ0v) is 14.0. The van der Waals surface area contributed by atoms with Gasteiger partial charge in [-0.3, -0.25) is 14.3 Å². The van der Waals surface area contributed by atoms with E-state index >= 15 is 0 Å². The van der Waals surface area contributed by atoms with Gasteiger partial charge in [-0.05, 0) is 43.9 Å². The molecule has 0 unspecified atom stereocenters. The highest BCUT2D eigenvalue weighted by molar-refractivity contribution is 5.92. The lowest BCUT2D eigenvalue weighted by Gasteiger charge is -2.20. The van der Waals surface area contributed by atoms with E-state index in [0.29, 0.717) is 17.6 Å². The standard InChI is InChI=1S/C18H26N4O2/c23-17(20-14-3-1-2-4-14)11-22-10-15(9-19-22)21-18(24)16-8-12-5-6-13(16)7-12/h9-10,12-14,16H,1-8,11H2,(H,20,23)(H,21,24)/t12-,13-,16+/m1/s1. The number of hydrogen-bond acceptors (Lipinski definition) is 3. The molecule has 6 heteroatoms. The lowest BCUT2D eigenvalue weighted by molar-refractivity contribution is -0.122. The summed E-state index contributed by atoms with van der Waals surface area (Å²) in [6.45, 7) is 0.209. The summed E-state index contributed by atoms with van der Waals surface area (Å²) in [5.74, 6) is 1.61. The Morgan fingerprint density at radius 2 is 2.00 bits per heavy atom. The van der Waals surface area contributed by atoms with Gasteiger partial charge in [-0.25, -0.2) is 0 Å². The van der Waals surface area contributed by atoms with Crippen LogP contribution >= 0.6 is 0 Å². The van der Waals surface area contributed by atoms with Crippen molar-refractivity contribution < 1.29 is 9.59 Å². The molecule has 6 nitrogen and oxygen atoms in total. The van der Waals surface area contributed by atoms with Gasteiger partial charge in [-0.2, -0.15) is 5.10 Å². The minimum Gasteiger partial charge on any atom is -0.352 e. The fourth-order valence-electron chi connectivity index (χ4n) is 4.81. The average Bonchev–Trinajstić information content (AvgIpc) is 3.31. The van der Waals surface area contributed by atoms with Crippen molar-refractivity contribution in [3.8, 4) is 0 Å². The van der Waals surface area contributed by atoms with Gasteiger partial charge in [-0.15, -0.1) is 0 Å². The molecule has 0 aliphatic heterocycles. The first kappa shape index (κ1) is 15.7. The molecule has 2 amide bonds. The maximum absolute atomic E-state index is 12.4. The molecule has 3 fully saturated rings. The third-order valence-electron chi connectivity index (χ3n) is 6.00. The molecule has 3 aliphatic carbocycles. The molecule has 1 heterocycles. The lowest BCUT2D eigenvalue weighted by Crippen LogP contribution is -2.35. The van der Waals surface area contributed by atoms with Crippen molar-refractivity contribution in [2.75, 3.05) is 5.32 Å². The van der Waals surface area contributed by atoms with Crippen LogP contribution in [0.2, 0.25) is 0 Å². The first-order valence-corrected chi connectivity index (χ1v) is 9.30. The number of fused-ring (bicyclic) bond motifs is 2. The Morgan fingerprint density at radius 1 is 1.17 bits per heavy atom. The normalized spacial score (nSPS) is 29.1. The molecule has 130 valence electrons. The van der Waals surface area contributed by atoms with Crippen LogP contribution in [-0.2, 0) is 16.1 Å². The van der Waals surface area contributed by atoms with Gasteiger partial charge in [0.1, 0.15) is 6.54 Å². The molecule has 24 heavy (non-hydrogen) atoms. The summed E-state index contributed by atoms with van der Waals surface area (Å²) in [5.41, 5.74) is 0.691. The van der Waals surface area contributed by atoms with Gasteiger partial charge in [0.25, 0.3) is 0 Å². The van der Waals surface area contributed by atoms with Crippen LogP contribution in [-0.4, -0.2) is 27.6 Å². The number of carbonyl (C=O) groups is 2. The molecule has 1 aromatic rings. The molecule has 3 aliphatic rings. The predicted molar refractivity (Wildman–Crippen MR) is 90.2 cm³/mol. The zero-order valence-electron chi connectivity index (χ0n) is 14.0. The fraction of sp³-hybridized carbons (Fsp3) is 0.722. The quantitative estimate of drug-likeness (QED) is 0.870. The molecule has 0 saturated heterocycles. The highest BCUT2D eigenvalue weighted by atomic mass is 16.2. The van der Waals surface area contributed by atoms with Crippen molar-refractivity contribution in [1.82, 2.24) is 15.1 Å². The summed E-state index contributed by atoms with van der Waals surface area (Å²) in [4.78, 5) is 24.5. The van der Waals surface area contributed by atoms with Crippen LogP contribution in [0.4, 0.5) is 5.69 Å². The van der Waals surface area contributed by atoms with E-state index in [0.717, 1.165) is 25.2 Å². The molecule has 2 bridgehead atoms. The van der Waals surface area contributed by atoms with Crippen LogP contribution in [0.3, 0.4) is 0 Å². The molecular weight excluding hydrogens is 304 g/mol. The lowest BCUT2D eigenvalue weighted by atomic mass is 9.88. The number of nitrogens with zero attached hydrogens (tertiary/aromatic N) is 2. The SMILES string of the molecule is O=C(Cn1cc(NC(=O)[C@H]2C[C@@H]3CC[C@@H]2C3)cn1)NC1CCCC1. The van der Waals surface area contributed by atoms with Gasteiger partial charge in [0.15, 0.2) is 0 Å². The van der Waals surface area contributed by atoms with Crippen LogP contribution in [0, 0.1) is 17.8 Å². The molecule has 3 saturated carbocycles. The minimum atomic E-state index is -0.00372. The topological polar surface area (TPSA) is 76.0 Å². The minimum absolute atomic E-state index is 0.00372. The largest absolute Gasteiger partial charge is 0.352 e. The van der Waals surface area contributed by atoms with Gasteiger partial charge in [0.05, 0.1) is 11.9 Å². The van der Waals surface area contributed by atoms with Crippen LogP contribution in [0.5, 0.6) is 0 Å². The van der Waals surface area contributed by atoms with E-state index in [2.05, 4.69) is 15.7 Å². The predicted octanol–water partition coefficient (Wildman–Crippen LogP) is 2.32. The second-order valence-electron chi connectivity index (χ2n) is 7.75. The second-order valence-corrected chi connectivity index (χ2v) is 7.75. The van der Waals surface area contributed by atoms with Gasteiger partial charge in [0, 0.05) is 18.2 Å². The van der Waals surface area contributed by atoms with Crippen LogP contribution in [0.15, 0.2) is 12.4 Å². The molecular formula is C18H26N4O2. The van der Waals surface area contributed by atoms with Crippen LogP contribution in [0.25, 0.3) is 0 Å². The van der Waals surface area contributed by atoms with E-state index < -0.39 is 0 Å². The highest BCUT2D eigenvalue weighted by Gasteiger charge is 2.43. The first-order chi connectivity index (χ1) is 11.7. The van der Waals surface area contributed by atoms with E-state index in [4.69, 9.17) is 0 Å². The van der Waals surface area contributed by atoms with Crippen molar-refractivity contribution in [2.45, 2.75) is 64.0 Å². The summed E-state index contributed by atoms with van der Waals surface area (Å²) in [6, 6.07) is 0.324. The molecule has 2 N–H and O–H groups in total. The van der Waals surface area contributed by atoms with Gasteiger partial charge in [-0.1, -0.05) is 19.3 Å². The van der Waals surface area contributed by atoms with Crippen molar-refractivity contribution >= 4 is 17.5 Å². The third kappa shape index (κ3) is 3.32. The van der Waals surface area contributed by atoms with E-state index in [1.807, 2.05) is 0 Å². The smallest absolute Gasteiger partial charge is 0.241 e. The zero-order chi connectivity index (χ0) is 16.5. The number of hydrogen-bond donors (Lipinski definition) is 2. The number of nitrogens with one attached hydrogen (secondary N) is 2. The summed E-state index contributed by atoms with van der Waals surface area (Å²) in [7, 11) is 0. The molecule has 0 radical (unpaired) electrons. The van der Waals surface area contributed by atoms with Crippen molar-refractivity contribution in [3.63, 3.8) is 0 Å². The summed E-state index contributed by atoms with van der Waals surface area (Å²) >= 11 is 0.